The fourth-order valence-corrected chi connectivity index (χ4v) is 3.11. The summed E-state index contributed by atoms with van der Waals surface area (Å²) in [5.41, 5.74) is 0.377. The molecule has 1 fully saturated rings. The van der Waals surface area contributed by atoms with Crippen molar-refractivity contribution in [3.8, 4) is 5.75 Å². The average Bonchev–Trinajstić information content (AvgIpc) is 2.99. The molecule has 1 aliphatic carbocycles. The van der Waals surface area contributed by atoms with E-state index in [9.17, 15) is 14.3 Å². The van der Waals surface area contributed by atoms with Gasteiger partial charge in [0, 0.05) is 11.6 Å². The van der Waals surface area contributed by atoms with Crippen LogP contribution in [0.4, 0.5) is 4.39 Å². The maximum Gasteiger partial charge on any atom is 0.226 e. The van der Waals surface area contributed by atoms with Crippen LogP contribution in [0.1, 0.15) is 37.0 Å². The molecule has 1 aromatic heterocycles. The van der Waals surface area contributed by atoms with Gasteiger partial charge in [-0.3, -0.25) is 4.79 Å². The largest absolute Gasteiger partial charge is 0.502 e. The predicted octanol–water partition coefficient (Wildman–Crippen LogP) is 3.04. The summed E-state index contributed by atoms with van der Waals surface area (Å²) >= 11 is 0. The predicted molar refractivity (Wildman–Crippen MR) is 80.0 cm³/mol. The molecule has 2 N–H and O–H groups in total. The first kappa shape index (κ1) is 14.8. The molecule has 2 aromatic rings. The summed E-state index contributed by atoms with van der Waals surface area (Å²) < 4.78 is 18.4. The van der Waals surface area contributed by atoms with Gasteiger partial charge in [-0.15, -0.1) is 0 Å². The summed E-state index contributed by atoms with van der Waals surface area (Å²) in [5.74, 6) is -0.171. The molecule has 116 valence electrons. The van der Waals surface area contributed by atoms with E-state index in [1.165, 1.54) is 18.2 Å². The Morgan fingerprint density at radius 1 is 1.23 bits per heavy atom. The number of hydrogen-bond acceptors (Lipinski definition) is 4. The summed E-state index contributed by atoms with van der Waals surface area (Å²) in [5, 5.41) is 12.7. The van der Waals surface area contributed by atoms with Crippen molar-refractivity contribution < 1.29 is 13.9 Å². The van der Waals surface area contributed by atoms with E-state index in [-0.39, 0.29) is 11.4 Å². The standard InChI is InChI=1S/C17H18FNO3/c18-13-5-3-12(4-6-13)17(7-1-2-8-17)19-10-14-9-15(20)16(21)11-22-14/h3-6,9,11,19,21H,1-2,7-8,10H2. The zero-order valence-corrected chi connectivity index (χ0v) is 12.1. The van der Waals surface area contributed by atoms with Crippen LogP contribution in [0.15, 0.2) is 45.8 Å². The van der Waals surface area contributed by atoms with E-state index < -0.39 is 11.2 Å². The van der Waals surface area contributed by atoms with Crippen LogP contribution < -0.4 is 10.7 Å². The summed E-state index contributed by atoms with van der Waals surface area (Å²) in [7, 11) is 0. The lowest BCUT2D eigenvalue weighted by atomic mass is 9.88. The molecule has 0 radical (unpaired) electrons. The first-order chi connectivity index (χ1) is 10.6. The van der Waals surface area contributed by atoms with Crippen molar-refractivity contribution in [1.82, 2.24) is 5.32 Å². The lowest BCUT2D eigenvalue weighted by molar-refractivity contribution is 0.315. The molecule has 5 heteroatoms. The quantitative estimate of drug-likeness (QED) is 0.911. The minimum atomic E-state index is -0.453. The first-order valence-electron chi connectivity index (χ1n) is 7.41. The Balaban J connectivity index is 1.81. The molecule has 0 aliphatic heterocycles. The molecule has 0 spiro atoms. The highest BCUT2D eigenvalue weighted by atomic mass is 19.1. The van der Waals surface area contributed by atoms with Crippen LogP contribution in [0.2, 0.25) is 0 Å². The molecule has 1 aromatic carbocycles. The van der Waals surface area contributed by atoms with Crippen LogP contribution in [0.5, 0.6) is 5.75 Å². The van der Waals surface area contributed by atoms with Crippen LogP contribution in [-0.4, -0.2) is 5.11 Å². The maximum atomic E-state index is 13.1. The van der Waals surface area contributed by atoms with Crippen LogP contribution in [0.25, 0.3) is 0 Å². The second-order valence-corrected chi connectivity index (χ2v) is 5.75. The van der Waals surface area contributed by atoms with Gasteiger partial charge in [0.15, 0.2) is 5.75 Å². The molecule has 0 saturated heterocycles. The molecule has 1 aliphatic rings. The van der Waals surface area contributed by atoms with Gasteiger partial charge in [0.2, 0.25) is 5.43 Å². The summed E-state index contributed by atoms with van der Waals surface area (Å²) in [6.45, 7) is 0.382. The van der Waals surface area contributed by atoms with Crippen LogP contribution in [0.3, 0.4) is 0 Å². The summed E-state index contributed by atoms with van der Waals surface area (Å²) in [4.78, 5) is 11.4. The van der Waals surface area contributed by atoms with Gasteiger partial charge in [-0.25, -0.2) is 4.39 Å². The van der Waals surface area contributed by atoms with Gasteiger partial charge < -0.3 is 14.8 Å². The van der Waals surface area contributed by atoms with E-state index >= 15 is 0 Å². The van der Waals surface area contributed by atoms with Crippen LogP contribution in [0, 0.1) is 5.82 Å². The zero-order valence-electron chi connectivity index (χ0n) is 12.1. The van der Waals surface area contributed by atoms with Crippen molar-refractivity contribution in [2.75, 3.05) is 0 Å². The van der Waals surface area contributed by atoms with Crippen molar-refractivity contribution in [2.24, 2.45) is 0 Å². The van der Waals surface area contributed by atoms with Gasteiger partial charge in [-0.05, 0) is 30.5 Å². The number of hydrogen-bond donors (Lipinski definition) is 2. The summed E-state index contributed by atoms with van der Waals surface area (Å²) in [6, 6.07) is 7.84. The fourth-order valence-electron chi connectivity index (χ4n) is 3.11. The molecule has 22 heavy (non-hydrogen) atoms. The lowest BCUT2D eigenvalue weighted by Crippen LogP contribution is -2.39. The van der Waals surface area contributed by atoms with E-state index in [0.29, 0.717) is 12.3 Å². The number of aromatic hydroxyl groups is 1. The van der Waals surface area contributed by atoms with Gasteiger partial charge in [-0.1, -0.05) is 25.0 Å². The van der Waals surface area contributed by atoms with Crippen molar-refractivity contribution in [3.05, 3.63) is 64.0 Å². The molecule has 0 bridgehead atoms. The van der Waals surface area contributed by atoms with Crippen molar-refractivity contribution >= 4 is 0 Å². The molecule has 3 rings (SSSR count). The zero-order chi connectivity index (χ0) is 15.6. The highest BCUT2D eigenvalue weighted by Gasteiger charge is 2.35. The smallest absolute Gasteiger partial charge is 0.226 e. The number of benzene rings is 1. The number of halogens is 1. The van der Waals surface area contributed by atoms with Crippen molar-refractivity contribution in [3.63, 3.8) is 0 Å². The number of rotatable bonds is 4. The van der Waals surface area contributed by atoms with E-state index in [1.807, 2.05) is 0 Å². The highest BCUT2D eigenvalue weighted by Crippen LogP contribution is 2.39. The van der Waals surface area contributed by atoms with E-state index in [1.54, 1.807) is 12.1 Å². The van der Waals surface area contributed by atoms with Crippen LogP contribution >= 0.6 is 0 Å². The van der Waals surface area contributed by atoms with E-state index in [0.717, 1.165) is 37.5 Å². The SMILES string of the molecule is O=c1cc(CNC2(c3ccc(F)cc3)CCCC2)occ1O. The third kappa shape index (κ3) is 2.90. The Hall–Kier alpha value is -2.14. The Morgan fingerprint density at radius 2 is 1.91 bits per heavy atom. The average molecular weight is 303 g/mol. The van der Waals surface area contributed by atoms with Crippen molar-refractivity contribution in [2.45, 2.75) is 37.8 Å². The van der Waals surface area contributed by atoms with Crippen LogP contribution in [-0.2, 0) is 12.1 Å². The third-order valence-corrected chi connectivity index (χ3v) is 4.32. The minimum absolute atomic E-state index is 0.218. The molecule has 0 atom stereocenters. The second-order valence-electron chi connectivity index (χ2n) is 5.75. The first-order valence-corrected chi connectivity index (χ1v) is 7.41. The molecular weight excluding hydrogens is 285 g/mol. The van der Waals surface area contributed by atoms with E-state index in [2.05, 4.69) is 5.32 Å². The van der Waals surface area contributed by atoms with Crippen molar-refractivity contribution in [1.29, 1.82) is 0 Å². The monoisotopic (exact) mass is 303 g/mol. The minimum Gasteiger partial charge on any atom is -0.502 e. The normalized spacial score (nSPS) is 16.8. The molecule has 4 nitrogen and oxygen atoms in total. The molecular formula is C17H18FNO3. The van der Waals surface area contributed by atoms with Gasteiger partial charge in [0.25, 0.3) is 0 Å². The molecule has 0 unspecified atom stereocenters. The topological polar surface area (TPSA) is 62.5 Å². The van der Waals surface area contributed by atoms with Gasteiger partial charge in [0.05, 0.1) is 6.54 Å². The van der Waals surface area contributed by atoms with Gasteiger partial charge in [-0.2, -0.15) is 0 Å². The fraction of sp³-hybridized carbons (Fsp3) is 0.353. The summed E-state index contributed by atoms with van der Waals surface area (Å²) in [6.07, 6.45) is 5.17. The molecule has 1 heterocycles. The van der Waals surface area contributed by atoms with E-state index in [4.69, 9.17) is 4.42 Å². The second kappa shape index (κ2) is 5.93. The third-order valence-electron chi connectivity index (χ3n) is 4.32. The Bertz CT molecular complexity index is 703. The highest BCUT2D eigenvalue weighted by molar-refractivity contribution is 5.26. The molecule has 0 amide bonds. The van der Waals surface area contributed by atoms with Gasteiger partial charge >= 0.3 is 0 Å². The maximum absolute atomic E-state index is 13.1. The van der Waals surface area contributed by atoms with Gasteiger partial charge in [0.1, 0.15) is 17.8 Å². The lowest BCUT2D eigenvalue weighted by Gasteiger charge is -2.31. The molecule has 1 saturated carbocycles. The Morgan fingerprint density at radius 3 is 2.55 bits per heavy atom. The Labute approximate surface area is 127 Å². The Kier molecular flexibility index (Phi) is 3.98. The number of nitrogens with one attached hydrogen (secondary N) is 1.